The minimum atomic E-state index is -0.495. The number of fused-ring (bicyclic) bond motifs is 2. The number of benzene rings is 1. The molecule has 14 heavy (non-hydrogen) atoms. The number of nitrogens with two attached hydrogens (primary N) is 1. The van der Waals surface area contributed by atoms with Gasteiger partial charge in [0.25, 0.3) is 0 Å². The third kappa shape index (κ3) is 3.33. The van der Waals surface area contributed by atoms with Crippen molar-refractivity contribution in [3.8, 4) is 0 Å². The molecule has 0 saturated carbocycles. The summed E-state index contributed by atoms with van der Waals surface area (Å²) >= 11 is 0. The van der Waals surface area contributed by atoms with Crippen LogP contribution >= 0.6 is 0 Å². The van der Waals surface area contributed by atoms with Crippen molar-refractivity contribution in [2.45, 2.75) is 6.10 Å². The molecule has 0 amide bonds. The Balaban J connectivity index is 0.000000140. The van der Waals surface area contributed by atoms with Gasteiger partial charge in [-0.05, 0) is 24.3 Å². The van der Waals surface area contributed by atoms with Crippen LogP contribution in [-0.2, 0) is 4.74 Å². The zero-order chi connectivity index (χ0) is 10.4. The maximum atomic E-state index is 8.61. The maximum absolute atomic E-state index is 8.61. The van der Waals surface area contributed by atoms with E-state index in [2.05, 4.69) is 4.74 Å². The molecule has 0 aromatic carbocycles. The monoisotopic (exact) mass is 197 g/mol. The highest BCUT2D eigenvalue weighted by Gasteiger charge is 1.95. The first kappa shape index (κ1) is 11.0. The molecule has 0 aliphatic rings. The summed E-state index contributed by atoms with van der Waals surface area (Å²) in [6, 6.07) is 7.81. The molecular formula is C10H15NO3. The van der Waals surface area contributed by atoms with E-state index in [0.717, 1.165) is 11.2 Å². The topological polar surface area (TPSA) is 68.6 Å². The van der Waals surface area contributed by atoms with Gasteiger partial charge in [0.2, 0.25) is 0 Å². The van der Waals surface area contributed by atoms with Gasteiger partial charge in [0.15, 0.2) is 0 Å². The van der Waals surface area contributed by atoms with Gasteiger partial charge >= 0.3 is 0 Å². The maximum Gasteiger partial charge on any atom is 0.127 e. The lowest BCUT2D eigenvalue weighted by atomic mass is 10.4. The number of hydrogen-bond acceptors (Lipinski definition) is 4. The average molecular weight is 197 g/mol. The summed E-state index contributed by atoms with van der Waals surface area (Å²) in [5.74, 6) is 0. The fourth-order valence-electron chi connectivity index (χ4n) is 0.972. The quantitative estimate of drug-likeness (QED) is 0.764. The summed E-state index contributed by atoms with van der Waals surface area (Å²) in [5, 5.41) is 8.61. The fourth-order valence-corrected chi connectivity index (χ4v) is 0.972. The molecule has 2 bridgehead atoms. The highest BCUT2D eigenvalue weighted by molar-refractivity contribution is 5.59. The van der Waals surface area contributed by atoms with Crippen LogP contribution in [0.1, 0.15) is 0 Å². The fraction of sp³-hybridized carbons (Fsp3) is 0.400. The Bertz CT molecular complexity index is 288. The van der Waals surface area contributed by atoms with Crippen LogP contribution in [-0.4, -0.2) is 31.5 Å². The van der Waals surface area contributed by atoms with Gasteiger partial charge in [0.05, 0.1) is 12.7 Å². The standard InChI is InChI=1S/C6H4O.C4H11NO2/c1-2-6-4-3-5(1)7-6;1-7-3-4(6)2-5/h1-4H;4,6H,2-3,5H2,1H3. The molecule has 2 rings (SSSR count). The average Bonchev–Trinajstić information content (AvgIpc) is 2.82. The number of ether oxygens (including phenoxy) is 1. The van der Waals surface area contributed by atoms with Crippen LogP contribution in [0.5, 0.6) is 0 Å². The first-order chi connectivity index (χ1) is 6.76. The molecule has 4 nitrogen and oxygen atoms in total. The third-order valence-electron chi connectivity index (χ3n) is 1.69. The Labute approximate surface area is 82.6 Å². The molecular weight excluding hydrogens is 182 g/mol. The first-order valence-electron chi connectivity index (χ1n) is 4.41. The second-order valence-electron chi connectivity index (χ2n) is 2.92. The van der Waals surface area contributed by atoms with Crippen molar-refractivity contribution < 1.29 is 14.3 Å². The van der Waals surface area contributed by atoms with E-state index in [1.807, 2.05) is 24.3 Å². The number of rotatable bonds is 3. The van der Waals surface area contributed by atoms with Crippen LogP contribution in [0.25, 0.3) is 11.2 Å². The van der Waals surface area contributed by atoms with Gasteiger partial charge in [0, 0.05) is 13.7 Å². The van der Waals surface area contributed by atoms with Crippen molar-refractivity contribution in [1.29, 1.82) is 0 Å². The predicted molar refractivity (Wildman–Crippen MR) is 54.3 cm³/mol. The summed E-state index contributed by atoms with van der Waals surface area (Å²) < 4.78 is 9.65. The molecule has 1 unspecified atom stereocenters. The van der Waals surface area contributed by atoms with Crippen molar-refractivity contribution >= 4 is 11.2 Å². The summed E-state index contributed by atoms with van der Waals surface area (Å²) in [6.07, 6.45) is -0.495. The van der Waals surface area contributed by atoms with Crippen molar-refractivity contribution in [3.05, 3.63) is 24.3 Å². The largest absolute Gasteiger partial charge is 0.457 e. The Kier molecular flexibility index (Phi) is 4.39. The highest BCUT2D eigenvalue weighted by Crippen LogP contribution is 2.13. The summed E-state index contributed by atoms with van der Waals surface area (Å²) in [5.41, 5.74) is 6.96. The van der Waals surface area contributed by atoms with E-state index in [4.69, 9.17) is 15.3 Å². The van der Waals surface area contributed by atoms with E-state index in [-0.39, 0.29) is 6.54 Å². The third-order valence-corrected chi connectivity index (χ3v) is 1.69. The van der Waals surface area contributed by atoms with Gasteiger partial charge in [-0.3, -0.25) is 0 Å². The highest BCUT2D eigenvalue weighted by atomic mass is 16.5. The molecule has 4 heteroatoms. The number of furan rings is 2. The number of hydrogen-bond donors (Lipinski definition) is 2. The van der Waals surface area contributed by atoms with E-state index in [9.17, 15) is 0 Å². The molecule has 0 aliphatic carbocycles. The zero-order valence-electron chi connectivity index (χ0n) is 8.14. The van der Waals surface area contributed by atoms with Crippen LogP contribution in [0.3, 0.4) is 0 Å². The van der Waals surface area contributed by atoms with Gasteiger partial charge < -0.3 is 20.0 Å². The van der Waals surface area contributed by atoms with Crippen LogP contribution in [0.2, 0.25) is 0 Å². The van der Waals surface area contributed by atoms with Gasteiger partial charge in [-0.15, -0.1) is 0 Å². The van der Waals surface area contributed by atoms with E-state index < -0.39 is 6.10 Å². The molecule has 2 aromatic rings. The molecule has 0 spiro atoms. The van der Waals surface area contributed by atoms with Crippen LogP contribution in [0.4, 0.5) is 0 Å². The van der Waals surface area contributed by atoms with Crippen LogP contribution in [0.15, 0.2) is 28.7 Å². The minimum Gasteiger partial charge on any atom is -0.457 e. The lowest BCUT2D eigenvalue weighted by Crippen LogP contribution is -2.24. The second-order valence-corrected chi connectivity index (χ2v) is 2.92. The van der Waals surface area contributed by atoms with Gasteiger partial charge in [0.1, 0.15) is 11.2 Å². The SMILES string of the molecule is COCC(O)CN.c1cc2ccc1o2. The molecule has 2 heterocycles. The Morgan fingerprint density at radius 1 is 1.36 bits per heavy atom. The van der Waals surface area contributed by atoms with Gasteiger partial charge in [-0.1, -0.05) is 0 Å². The Hall–Kier alpha value is -1.10. The summed E-state index contributed by atoms with van der Waals surface area (Å²) in [4.78, 5) is 0. The molecule has 3 N–H and O–H groups in total. The van der Waals surface area contributed by atoms with E-state index in [1.54, 1.807) is 0 Å². The first-order valence-corrected chi connectivity index (χ1v) is 4.41. The van der Waals surface area contributed by atoms with Crippen LogP contribution in [0, 0.1) is 0 Å². The minimum absolute atomic E-state index is 0.272. The Morgan fingerprint density at radius 3 is 2.00 bits per heavy atom. The van der Waals surface area contributed by atoms with Gasteiger partial charge in [-0.25, -0.2) is 0 Å². The summed E-state index contributed by atoms with van der Waals surface area (Å²) in [6.45, 7) is 0.602. The van der Waals surface area contributed by atoms with Crippen LogP contribution < -0.4 is 5.73 Å². The van der Waals surface area contributed by atoms with Crippen molar-refractivity contribution in [1.82, 2.24) is 0 Å². The number of aliphatic hydroxyl groups is 1. The molecule has 78 valence electrons. The lowest BCUT2D eigenvalue weighted by Gasteiger charge is -2.02. The molecule has 0 fully saturated rings. The Morgan fingerprint density at radius 2 is 1.86 bits per heavy atom. The zero-order valence-corrected chi connectivity index (χ0v) is 8.14. The second kappa shape index (κ2) is 5.59. The van der Waals surface area contributed by atoms with E-state index in [0.29, 0.717) is 6.61 Å². The lowest BCUT2D eigenvalue weighted by molar-refractivity contribution is 0.0702. The number of methoxy groups -OCH3 is 1. The summed E-state index contributed by atoms with van der Waals surface area (Å²) in [7, 11) is 1.53. The van der Waals surface area contributed by atoms with Crippen molar-refractivity contribution in [2.24, 2.45) is 5.73 Å². The van der Waals surface area contributed by atoms with Crippen molar-refractivity contribution in [3.63, 3.8) is 0 Å². The molecule has 2 aromatic heterocycles. The smallest absolute Gasteiger partial charge is 0.127 e. The molecule has 0 radical (unpaired) electrons. The normalized spacial score (nSPS) is 12.5. The molecule has 0 saturated heterocycles. The molecule has 1 atom stereocenters. The number of aliphatic hydroxyl groups excluding tert-OH is 1. The van der Waals surface area contributed by atoms with Gasteiger partial charge in [-0.2, -0.15) is 0 Å². The molecule has 0 aliphatic heterocycles. The van der Waals surface area contributed by atoms with E-state index in [1.165, 1.54) is 7.11 Å². The van der Waals surface area contributed by atoms with Crippen molar-refractivity contribution in [2.75, 3.05) is 20.3 Å². The predicted octanol–water partition coefficient (Wildman–Crippen LogP) is 0.823. The van der Waals surface area contributed by atoms with E-state index >= 15 is 0 Å².